The van der Waals surface area contributed by atoms with E-state index in [-0.39, 0.29) is 11.4 Å². The molecule has 0 radical (unpaired) electrons. The molecule has 1 rings (SSSR count). The molecule has 78 valence electrons. The van der Waals surface area contributed by atoms with Gasteiger partial charge in [0, 0.05) is 16.3 Å². The molecule has 0 fully saturated rings. The third-order valence-corrected chi connectivity index (χ3v) is 2.52. The molecule has 0 aromatic heterocycles. The molecule has 1 aromatic carbocycles. The van der Waals surface area contributed by atoms with Crippen molar-refractivity contribution >= 4 is 34.0 Å². The van der Waals surface area contributed by atoms with E-state index in [9.17, 15) is 13.2 Å². The van der Waals surface area contributed by atoms with Gasteiger partial charge in [-0.05, 0) is 34.7 Å². The minimum atomic E-state index is -4.38. The summed E-state index contributed by atoms with van der Waals surface area (Å²) in [5.41, 5.74) is 4.79. The fraction of sp³-hybridized carbons (Fsp3) is 0.250. The monoisotopic (exact) mass is 316 g/mol. The number of anilines is 2. The Balaban J connectivity index is 3.40. The average Bonchev–Trinajstić information content (AvgIpc) is 2.01. The van der Waals surface area contributed by atoms with Crippen LogP contribution in [0.5, 0.6) is 0 Å². The predicted molar refractivity (Wildman–Crippen MR) is 58.1 cm³/mol. The van der Waals surface area contributed by atoms with Crippen molar-refractivity contribution in [2.45, 2.75) is 6.18 Å². The number of hydrogen-bond acceptors (Lipinski definition) is 2. The first kappa shape index (κ1) is 11.4. The van der Waals surface area contributed by atoms with Gasteiger partial charge in [0.15, 0.2) is 0 Å². The second-order valence-corrected chi connectivity index (χ2v) is 3.84. The molecule has 0 aliphatic rings. The summed E-state index contributed by atoms with van der Waals surface area (Å²) >= 11 is 1.81. The van der Waals surface area contributed by atoms with Gasteiger partial charge in [-0.25, -0.2) is 0 Å². The lowest BCUT2D eigenvalue weighted by Crippen LogP contribution is -2.11. The first-order valence-corrected chi connectivity index (χ1v) is 4.78. The lowest BCUT2D eigenvalue weighted by atomic mass is 10.1. The molecular weight excluding hydrogens is 308 g/mol. The van der Waals surface area contributed by atoms with Crippen LogP contribution in [0.3, 0.4) is 0 Å². The zero-order valence-electron chi connectivity index (χ0n) is 7.24. The van der Waals surface area contributed by atoms with Gasteiger partial charge in [-0.3, -0.25) is 0 Å². The molecule has 0 saturated carbocycles. The van der Waals surface area contributed by atoms with Crippen molar-refractivity contribution in [3.05, 3.63) is 21.3 Å². The Bertz CT molecular complexity index is 349. The van der Waals surface area contributed by atoms with Crippen molar-refractivity contribution in [1.29, 1.82) is 0 Å². The number of nitrogens with one attached hydrogen (secondary N) is 1. The number of rotatable bonds is 1. The number of nitrogen functional groups attached to an aromatic ring is 1. The van der Waals surface area contributed by atoms with Crippen LogP contribution in [0.4, 0.5) is 24.5 Å². The Labute approximate surface area is 92.8 Å². The lowest BCUT2D eigenvalue weighted by Gasteiger charge is -2.14. The lowest BCUT2D eigenvalue weighted by molar-refractivity contribution is -0.136. The first-order chi connectivity index (χ1) is 6.36. The molecule has 2 nitrogen and oxygen atoms in total. The van der Waals surface area contributed by atoms with E-state index in [2.05, 4.69) is 5.32 Å². The van der Waals surface area contributed by atoms with E-state index in [0.717, 1.165) is 6.07 Å². The number of hydrogen-bond donors (Lipinski definition) is 2. The van der Waals surface area contributed by atoms with Gasteiger partial charge in [-0.1, -0.05) is 0 Å². The molecule has 0 aliphatic heterocycles. The van der Waals surface area contributed by atoms with Crippen LogP contribution in [0.25, 0.3) is 0 Å². The highest BCUT2D eigenvalue weighted by atomic mass is 127. The largest absolute Gasteiger partial charge is 0.418 e. The number of alkyl halides is 3. The summed E-state index contributed by atoms with van der Waals surface area (Å²) in [6, 6.07) is 2.41. The van der Waals surface area contributed by atoms with Gasteiger partial charge in [0.2, 0.25) is 0 Å². The van der Waals surface area contributed by atoms with Crippen molar-refractivity contribution in [2.24, 2.45) is 0 Å². The summed E-state index contributed by atoms with van der Waals surface area (Å²) in [5, 5.41) is 2.51. The third-order valence-electron chi connectivity index (χ3n) is 1.67. The Morgan fingerprint density at radius 3 is 2.36 bits per heavy atom. The van der Waals surface area contributed by atoms with Crippen LogP contribution in [0.15, 0.2) is 12.1 Å². The SMILES string of the molecule is CNc1c(I)cc(N)cc1C(F)(F)F. The van der Waals surface area contributed by atoms with E-state index >= 15 is 0 Å². The second kappa shape index (κ2) is 3.84. The van der Waals surface area contributed by atoms with Crippen molar-refractivity contribution < 1.29 is 13.2 Å². The quantitative estimate of drug-likeness (QED) is 0.617. The van der Waals surface area contributed by atoms with Crippen LogP contribution >= 0.6 is 22.6 Å². The van der Waals surface area contributed by atoms with Crippen LogP contribution in [0, 0.1) is 3.57 Å². The van der Waals surface area contributed by atoms with Gasteiger partial charge < -0.3 is 11.1 Å². The van der Waals surface area contributed by atoms with Gasteiger partial charge in [-0.15, -0.1) is 0 Å². The molecule has 0 aliphatic carbocycles. The highest BCUT2D eigenvalue weighted by Crippen LogP contribution is 2.38. The maximum Gasteiger partial charge on any atom is 0.418 e. The molecule has 6 heteroatoms. The Morgan fingerprint density at radius 2 is 1.93 bits per heavy atom. The Kier molecular flexibility index (Phi) is 3.13. The predicted octanol–water partition coefficient (Wildman–Crippen LogP) is 2.93. The maximum atomic E-state index is 12.5. The molecule has 0 amide bonds. The number of benzene rings is 1. The van der Waals surface area contributed by atoms with Crippen LogP contribution in [-0.4, -0.2) is 7.05 Å². The Hall–Kier alpha value is -0.660. The fourth-order valence-corrected chi connectivity index (χ4v) is 2.03. The molecule has 0 heterocycles. The Morgan fingerprint density at radius 1 is 1.36 bits per heavy atom. The van der Waals surface area contributed by atoms with Crippen molar-refractivity contribution in [3.63, 3.8) is 0 Å². The summed E-state index contributed by atoms with van der Waals surface area (Å²) in [5.74, 6) is 0. The fourth-order valence-electron chi connectivity index (χ4n) is 1.11. The summed E-state index contributed by atoms with van der Waals surface area (Å²) < 4.78 is 37.9. The first-order valence-electron chi connectivity index (χ1n) is 3.70. The number of halogens is 4. The topological polar surface area (TPSA) is 38.0 Å². The summed E-state index contributed by atoms with van der Waals surface area (Å²) in [7, 11) is 1.45. The van der Waals surface area contributed by atoms with Crippen molar-refractivity contribution in [2.75, 3.05) is 18.1 Å². The zero-order valence-corrected chi connectivity index (χ0v) is 9.40. The van der Waals surface area contributed by atoms with Crippen molar-refractivity contribution in [3.8, 4) is 0 Å². The summed E-state index contributed by atoms with van der Waals surface area (Å²) in [6.45, 7) is 0. The highest BCUT2D eigenvalue weighted by Gasteiger charge is 2.34. The minimum absolute atomic E-state index is 0.0623. The van der Waals surface area contributed by atoms with Crippen LogP contribution in [0.1, 0.15) is 5.56 Å². The average molecular weight is 316 g/mol. The van der Waals surface area contributed by atoms with Gasteiger partial charge in [-0.2, -0.15) is 13.2 Å². The van der Waals surface area contributed by atoms with Crippen LogP contribution in [0.2, 0.25) is 0 Å². The molecular formula is C8H8F3IN2. The van der Waals surface area contributed by atoms with Gasteiger partial charge in [0.1, 0.15) is 0 Å². The molecule has 0 saturated heterocycles. The normalized spacial score (nSPS) is 11.5. The highest BCUT2D eigenvalue weighted by molar-refractivity contribution is 14.1. The van der Waals surface area contributed by atoms with Gasteiger partial charge in [0.05, 0.1) is 11.3 Å². The van der Waals surface area contributed by atoms with Crippen LogP contribution < -0.4 is 11.1 Å². The summed E-state index contributed by atoms with van der Waals surface area (Å²) in [6.07, 6.45) is -4.38. The standard InChI is InChI=1S/C8H8F3IN2/c1-14-7-5(8(9,10)11)2-4(13)3-6(7)12/h2-3,14H,13H2,1H3. The van der Waals surface area contributed by atoms with Crippen LogP contribution in [-0.2, 0) is 6.18 Å². The molecule has 0 atom stereocenters. The third kappa shape index (κ3) is 2.23. The van der Waals surface area contributed by atoms with Gasteiger partial charge in [0.25, 0.3) is 0 Å². The van der Waals surface area contributed by atoms with E-state index in [1.54, 1.807) is 0 Å². The molecule has 0 spiro atoms. The van der Waals surface area contributed by atoms with E-state index in [1.165, 1.54) is 13.1 Å². The van der Waals surface area contributed by atoms with E-state index < -0.39 is 11.7 Å². The van der Waals surface area contributed by atoms with E-state index in [1.807, 2.05) is 22.6 Å². The molecule has 1 aromatic rings. The van der Waals surface area contributed by atoms with Crippen molar-refractivity contribution in [1.82, 2.24) is 0 Å². The zero-order chi connectivity index (χ0) is 10.9. The molecule has 0 unspecified atom stereocenters. The molecule has 14 heavy (non-hydrogen) atoms. The smallest absolute Gasteiger partial charge is 0.399 e. The summed E-state index contributed by atoms with van der Waals surface area (Å²) in [4.78, 5) is 0. The molecule has 3 N–H and O–H groups in total. The maximum absolute atomic E-state index is 12.5. The number of nitrogens with two attached hydrogens (primary N) is 1. The molecule has 0 bridgehead atoms. The van der Waals surface area contributed by atoms with E-state index in [4.69, 9.17) is 5.73 Å². The second-order valence-electron chi connectivity index (χ2n) is 2.67. The minimum Gasteiger partial charge on any atom is -0.399 e. The van der Waals surface area contributed by atoms with E-state index in [0.29, 0.717) is 3.57 Å². The van der Waals surface area contributed by atoms with Gasteiger partial charge >= 0.3 is 6.18 Å².